The monoisotopic (exact) mass is 484 g/mol. The second-order valence-electron chi connectivity index (χ2n) is 11.1. The van der Waals surface area contributed by atoms with Crippen LogP contribution in [0, 0.1) is 0 Å². The molecule has 7 aromatic carbocycles. The predicted octanol–water partition coefficient (Wildman–Crippen LogP) is 10.9. The summed E-state index contributed by atoms with van der Waals surface area (Å²) in [4.78, 5) is 0. The molecule has 1 heteroatoms. The van der Waals surface area contributed by atoms with Crippen molar-refractivity contribution in [3.05, 3.63) is 109 Å². The van der Waals surface area contributed by atoms with E-state index in [1.165, 1.54) is 76.5 Å². The Kier molecular flexibility index (Phi) is 3.78. The fourth-order valence-electron chi connectivity index (χ4n) is 6.95. The van der Waals surface area contributed by atoms with Crippen LogP contribution in [0.4, 0.5) is 0 Å². The number of para-hydroxylation sites is 2. The van der Waals surface area contributed by atoms with Crippen molar-refractivity contribution < 1.29 is 4.42 Å². The van der Waals surface area contributed by atoms with Gasteiger partial charge in [0.05, 0.1) is 0 Å². The van der Waals surface area contributed by atoms with Gasteiger partial charge >= 0.3 is 0 Å². The zero-order valence-corrected chi connectivity index (χ0v) is 21.3. The Labute approximate surface area is 220 Å². The summed E-state index contributed by atoms with van der Waals surface area (Å²) in [6.07, 6.45) is 0. The maximum absolute atomic E-state index is 6.53. The molecule has 0 spiro atoms. The highest BCUT2D eigenvalue weighted by atomic mass is 16.3. The lowest BCUT2D eigenvalue weighted by Gasteiger charge is -2.18. The fraction of sp³-hybridized carbons (Fsp3) is 0.0811. The van der Waals surface area contributed by atoms with E-state index in [1.807, 2.05) is 6.07 Å². The van der Waals surface area contributed by atoms with Crippen LogP contribution >= 0.6 is 0 Å². The Bertz CT molecular complexity index is 2260. The number of hydrogen-bond acceptors (Lipinski definition) is 1. The molecule has 0 N–H and O–H groups in total. The van der Waals surface area contributed by atoms with E-state index in [1.54, 1.807) is 0 Å². The summed E-state index contributed by atoms with van der Waals surface area (Å²) in [5.74, 6) is 0.481. The van der Waals surface area contributed by atoms with Crippen LogP contribution in [0.15, 0.2) is 108 Å². The minimum absolute atomic E-state index is 0.481. The van der Waals surface area contributed by atoms with Gasteiger partial charge < -0.3 is 4.42 Å². The van der Waals surface area contributed by atoms with Gasteiger partial charge in [-0.1, -0.05) is 98.8 Å². The third kappa shape index (κ3) is 2.47. The summed E-state index contributed by atoms with van der Waals surface area (Å²) in [5.41, 5.74) is 11.0. The zero-order valence-electron chi connectivity index (χ0n) is 21.3. The van der Waals surface area contributed by atoms with E-state index in [2.05, 4.69) is 111 Å². The highest BCUT2D eigenvalue weighted by Gasteiger charge is 2.27. The van der Waals surface area contributed by atoms with Gasteiger partial charge in [0, 0.05) is 16.3 Å². The first kappa shape index (κ1) is 20.4. The molecule has 0 aliphatic heterocycles. The molecule has 0 fully saturated rings. The van der Waals surface area contributed by atoms with Crippen molar-refractivity contribution in [2.75, 3.05) is 0 Å². The van der Waals surface area contributed by atoms with Crippen LogP contribution < -0.4 is 0 Å². The van der Waals surface area contributed by atoms with E-state index in [4.69, 9.17) is 4.42 Å². The topological polar surface area (TPSA) is 13.1 Å². The van der Waals surface area contributed by atoms with Gasteiger partial charge in [-0.15, -0.1) is 0 Å². The summed E-state index contributed by atoms with van der Waals surface area (Å²) < 4.78 is 6.53. The Morgan fingerprint density at radius 2 is 1.18 bits per heavy atom. The Balaban J connectivity index is 1.50. The molecule has 1 aliphatic carbocycles. The van der Waals surface area contributed by atoms with Gasteiger partial charge in [-0.3, -0.25) is 0 Å². The van der Waals surface area contributed by atoms with Crippen LogP contribution in [0.3, 0.4) is 0 Å². The average Bonchev–Trinajstić information content (AvgIpc) is 3.49. The lowest BCUT2D eigenvalue weighted by molar-refractivity contribution is 0.670. The van der Waals surface area contributed by atoms with Crippen LogP contribution in [0.25, 0.3) is 87.6 Å². The Morgan fingerprint density at radius 3 is 2.03 bits per heavy atom. The van der Waals surface area contributed by atoms with Crippen molar-refractivity contribution in [2.24, 2.45) is 0 Å². The fourth-order valence-corrected chi connectivity index (χ4v) is 6.95. The standard InChI is InChI=1S/C37H24O/c1-20(2)22-16-21-14-15-27-30(29-12-7-11-28-26-10-5-6-13-33(26)38-37(28)29)19-32-25-9-4-3-8-24(25)31-18-23(17-22)34(21)36(27)35(31)32/h3-20H,1-2H3. The summed E-state index contributed by atoms with van der Waals surface area (Å²) in [6, 6.07) is 38.1. The second kappa shape index (κ2) is 7.02. The minimum atomic E-state index is 0.481. The maximum atomic E-state index is 6.53. The first-order valence-electron chi connectivity index (χ1n) is 13.5. The van der Waals surface area contributed by atoms with E-state index in [-0.39, 0.29) is 0 Å². The van der Waals surface area contributed by atoms with Crippen LogP contribution in [0.5, 0.6) is 0 Å². The summed E-state index contributed by atoms with van der Waals surface area (Å²) >= 11 is 0. The maximum Gasteiger partial charge on any atom is 0.143 e. The van der Waals surface area contributed by atoms with E-state index in [0.717, 1.165) is 16.7 Å². The predicted molar refractivity (Wildman–Crippen MR) is 161 cm³/mol. The molecule has 1 aromatic heterocycles. The van der Waals surface area contributed by atoms with Crippen LogP contribution in [-0.4, -0.2) is 0 Å². The average molecular weight is 485 g/mol. The van der Waals surface area contributed by atoms with Gasteiger partial charge in [0.1, 0.15) is 11.2 Å². The molecule has 1 aliphatic rings. The van der Waals surface area contributed by atoms with Gasteiger partial charge in [0.15, 0.2) is 0 Å². The van der Waals surface area contributed by atoms with Crippen molar-refractivity contribution in [3.8, 4) is 33.4 Å². The first-order chi connectivity index (χ1) is 18.7. The highest BCUT2D eigenvalue weighted by Crippen LogP contribution is 2.54. The molecule has 1 heterocycles. The summed E-state index contributed by atoms with van der Waals surface area (Å²) in [6.45, 7) is 4.57. The van der Waals surface area contributed by atoms with E-state index in [9.17, 15) is 0 Å². The Hall–Kier alpha value is -4.62. The third-order valence-corrected chi connectivity index (χ3v) is 8.71. The van der Waals surface area contributed by atoms with Crippen molar-refractivity contribution in [2.45, 2.75) is 19.8 Å². The van der Waals surface area contributed by atoms with Crippen molar-refractivity contribution in [3.63, 3.8) is 0 Å². The molecule has 0 bridgehead atoms. The highest BCUT2D eigenvalue weighted by molar-refractivity contribution is 6.34. The number of benzene rings is 7. The number of furan rings is 1. The smallest absolute Gasteiger partial charge is 0.143 e. The van der Waals surface area contributed by atoms with Crippen LogP contribution in [0.2, 0.25) is 0 Å². The number of hydrogen-bond donors (Lipinski definition) is 0. The quantitative estimate of drug-likeness (QED) is 0.222. The molecule has 9 rings (SSSR count). The third-order valence-electron chi connectivity index (χ3n) is 8.71. The summed E-state index contributed by atoms with van der Waals surface area (Å²) in [7, 11) is 0. The van der Waals surface area contributed by atoms with E-state index >= 15 is 0 Å². The summed E-state index contributed by atoms with van der Waals surface area (Å²) in [5, 5.41) is 10.4. The molecule has 0 saturated carbocycles. The lowest BCUT2D eigenvalue weighted by Crippen LogP contribution is -1.92. The second-order valence-corrected chi connectivity index (χ2v) is 11.1. The Morgan fingerprint density at radius 1 is 0.474 bits per heavy atom. The van der Waals surface area contributed by atoms with Crippen molar-refractivity contribution >= 4 is 54.3 Å². The van der Waals surface area contributed by atoms with Crippen LogP contribution in [-0.2, 0) is 0 Å². The van der Waals surface area contributed by atoms with Crippen molar-refractivity contribution in [1.82, 2.24) is 0 Å². The van der Waals surface area contributed by atoms with E-state index < -0.39 is 0 Å². The molecule has 0 radical (unpaired) electrons. The SMILES string of the molecule is CC(C)c1cc2ccc3c(-c4cccc5c4oc4ccccc45)cc4c5c(cc(c1)c2c35)-c1ccccc1-4. The van der Waals surface area contributed by atoms with Gasteiger partial charge in [-0.25, -0.2) is 0 Å². The number of fused-ring (bicyclic) bond motifs is 6. The van der Waals surface area contributed by atoms with E-state index in [0.29, 0.717) is 5.92 Å². The largest absolute Gasteiger partial charge is 0.455 e. The van der Waals surface area contributed by atoms with Gasteiger partial charge in [0.2, 0.25) is 0 Å². The van der Waals surface area contributed by atoms with Gasteiger partial charge in [-0.05, 0) is 89.8 Å². The van der Waals surface area contributed by atoms with Crippen molar-refractivity contribution in [1.29, 1.82) is 0 Å². The molecule has 8 aromatic rings. The minimum Gasteiger partial charge on any atom is -0.455 e. The molecule has 0 saturated heterocycles. The van der Waals surface area contributed by atoms with Crippen LogP contribution in [0.1, 0.15) is 25.3 Å². The van der Waals surface area contributed by atoms with Gasteiger partial charge in [-0.2, -0.15) is 0 Å². The molecule has 0 atom stereocenters. The number of rotatable bonds is 2. The normalized spacial score (nSPS) is 12.7. The molecule has 178 valence electrons. The first-order valence-corrected chi connectivity index (χ1v) is 13.5. The molecular weight excluding hydrogens is 460 g/mol. The molecule has 1 nitrogen and oxygen atoms in total. The molecule has 0 amide bonds. The lowest BCUT2D eigenvalue weighted by atomic mass is 9.85. The molecule has 0 unspecified atom stereocenters. The zero-order chi connectivity index (χ0) is 25.1. The van der Waals surface area contributed by atoms with Gasteiger partial charge in [0.25, 0.3) is 0 Å². The molecular formula is C37H24O. The molecule has 38 heavy (non-hydrogen) atoms.